The summed E-state index contributed by atoms with van der Waals surface area (Å²) < 4.78 is 0. The molecule has 2 atom stereocenters. The number of quaternary nitrogens is 1. The quantitative estimate of drug-likeness (QED) is 0.749. The van der Waals surface area contributed by atoms with Crippen LogP contribution in [0.2, 0.25) is 0 Å². The Kier molecular flexibility index (Phi) is 7.23. The van der Waals surface area contributed by atoms with Crippen LogP contribution in [-0.4, -0.2) is 18.0 Å². The zero-order valence-corrected chi connectivity index (χ0v) is 16.7. The maximum Gasteiger partial charge on any atom is 0.276 e. The molecule has 0 unspecified atom stereocenters. The zero-order chi connectivity index (χ0) is 19.2. The normalized spacial score (nSPS) is 18.3. The van der Waals surface area contributed by atoms with Crippen LogP contribution in [0.25, 0.3) is 0 Å². The van der Waals surface area contributed by atoms with Crippen LogP contribution in [0.4, 0.5) is 0 Å². The van der Waals surface area contributed by atoms with E-state index in [1.54, 1.807) is 0 Å². The minimum atomic E-state index is -0.629. The number of carbonyl (C=O) groups is 1. The van der Waals surface area contributed by atoms with E-state index >= 15 is 0 Å². The summed E-state index contributed by atoms with van der Waals surface area (Å²) in [6, 6.07) is 11.4. The third-order valence-electron chi connectivity index (χ3n) is 5.83. The molecule has 1 saturated carbocycles. The first-order valence-corrected chi connectivity index (χ1v) is 10.1. The van der Waals surface area contributed by atoms with Crippen molar-refractivity contribution in [2.75, 3.05) is 6.54 Å². The molecule has 0 radical (unpaired) electrons. The highest BCUT2D eigenvalue weighted by Crippen LogP contribution is 2.28. The van der Waals surface area contributed by atoms with Gasteiger partial charge in [-0.3, -0.25) is 4.79 Å². The average Bonchev–Trinajstić information content (AvgIpc) is 3.10. The van der Waals surface area contributed by atoms with Crippen LogP contribution in [0.3, 0.4) is 0 Å². The Balaban J connectivity index is 1.98. The molecule has 0 aromatic heterocycles. The molecule has 4 nitrogen and oxygen atoms in total. The number of hydrogen-bond donors (Lipinski definition) is 2. The van der Waals surface area contributed by atoms with Gasteiger partial charge in [-0.05, 0) is 43.6 Å². The van der Waals surface area contributed by atoms with Crippen LogP contribution in [0.1, 0.15) is 82.9 Å². The van der Waals surface area contributed by atoms with Crippen LogP contribution in [0.15, 0.2) is 24.3 Å². The van der Waals surface area contributed by atoms with Crippen LogP contribution >= 0.6 is 0 Å². The van der Waals surface area contributed by atoms with Crippen molar-refractivity contribution in [2.24, 2.45) is 5.92 Å². The lowest BCUT2D eigenvalue weighted by Gasteiger charge is -2.24. The van der Waals surface area contributed by atoms with Crippen LogP contribution in [0, 0.1) is 17.2 Å². The number of rotatable bonds is 8. The number of nitrogens with zero attached hydrogens (tertiary/aromatic N) is 1. The van der Waals surface area contributed by atoms with Gasteiger partial charge in [0.05, 0.1) is 6.07 Å². The number of carbonyl (C=O) groups excluding carboxylic acids is 1. The molecular weight excluding hydrogens is 322 g/mol. The molecule has 1 aliphatic carbocycles. The van der Waals surface area contributed by atoms with Gasteiger partial charge in [-0.25, -0.2) is 0 Å². The van der Waals surface area contributed by atoms with Gasteiger partial charge in [-0.1, -0.05) is 52.0 Å². The van der Waals surface area contributed by atoms with Crippen molar-refractivity contribution in [1.29, 1.82) is 5.26 Å². The lowest BCUT2D eigenvalue weighted by atomic mass is 9.92. The molecule has 1 amide bonds. The summed E-state index contributed by atoms with van der Waals surface area (Å²) in [6.07, 6.45) is 4.74. The van der Waals surface area contributed by atoms with E-state index in [0.717, 1.165) is 32.1 Å². The van der Waals surface area contributed by atoms with Crippen LogP contribution in [0.5, 0.6) is 0 Å². The molecule has 0 saturated heterocycles. The van der Waals surface area contributed by atoms with Gasteiger partial charge in [0, 0.05) is 11.5 Å². The van der Waals surface area contributed by atoms with Crippen molar-refractivity contribution in [1.82, 2.24) is 5.32 Å². The number of amides is 1. The standard InChI is InChI=1S/C22H33N3O/c1-5-17(4)18-8-10-19(11-9-18)21(16(2)3)24-14-20(26)25-22(15-23)12-6-7-13-22/h8-11,16-17,21,24H,5-7,12-14H2,1-4H3,(H,25,26)/p+1/t17-,21+/m1/s1. The molecule has 0 aliphatic heterocycles. The third kappa shape index (κ3) is 5.08. The van der Waals surface area contributed by atoms with Crippen molar-refractivity contribution >= 4 is 5.91 Å². The number of benzene rings is 1. The first-order valence-electron chi connectivity index (χ1n) is 10.1. The maximum atomic E-state index is 12.4. The molecule has 1 aromatic rings. The molecule has 4 heteroatoms. The summed E-state index contributed by atoms with van der Waals surface area (Å²) in [4.78, 5) is 12.4. The predicted octanol–water partition coefficient (Wildman–Crippen LogP) is 3.41. The molecule has 142 valence electrons. The first-order chi connectivity index (χ1) is 12.4. The SMILES string of the molecule is CC[C@@H](C)c1ccc([C@@H]([NH2+]CC(=O)NC2(C#N)CCCC2)C(C)C)cc1. The van der Waals surface area contributed by atoms with Gasteiger partial charge < -0.3 is 10.6 Å². The molecule has 0 bridgehead atoms. The van der Waals surface area contributed by atoms with Gasteiger partial charge in [-0.15, -0.1) is 0 Å². The first kappa shape index (κ1) is 20.5. The molecule has 2 rings (SSSR count). The monoisotopic (exact) mass is 356 g/mol. The van der Waals surface area contributed by atoms with Gasteiger partial charge in [0.2, 0.25) is 0 Å². The minimum Gasteiger partial charge on any atom is -0.333 e. The van der Waals surface area contributed by atoms with Crippen molar-refractivity contribution in [3.05, 3.63) is 35.4 Å². The molecule has 3 N–H and O–H groups in total. The van der Waals surface area contributed by atoms with Gasteiger partial charge in [0.25, 0.3) is 5.91 Å². The van der Waals surface area contributed by atoms with Gasteiger partial charge >= 0.3 is 0 Å². The smallest absolute Gasteiger partial charge is 0.276 e. The van der Waals surface area contributed by atoms with Crippen molar-refractivity contribution in [3.8, 4) is 6.07 Å². The van der Waals surface area contributed by atoms with Crippen LogP contribution in [-0.2, 0) is 4.79 Å². The van der Waals surface area contributed by atoms with E-state index in [2.05, 4.69) is 68.7 Å². The topological polar surface area (TPSA) is 69.5 Å². The molecule has 0 heterocycles. The number of nitrogens with two attached hydrogens (primary N) is 1. The van der Waals surface area contributed by atoms with E-state index in [0.29, 0.717) is 18.4 Å². The van der Waals surface area contributed by atoms with Crippen molar-refractivity contribution in [2.45, 2.75) is 77.3 Å². The molecule has 1 fully saturated rings. The van der Waals surface area contributed by atoms with Crippen molar-refractivity contribution < 1.29 is 10.1 Å². The van der Waals surface area contributed by atoms with Gasteiger partial charge in [0.15, 0.2) is 6.54 Å². The minimum absolute atomic E-state index is 0.0321. The maximum absolute atomic E-state index is 12.4. The fraction of sp³-hybridized carbons (Fsp3) is 0.636. The molecule has 26 heavy (non-hydrogen) atoms. The Morgan fingerprint density at radius 2 is 1.77 bits per heavy atom. The highest BCUT2D eigenvalue weighted by molar-refractivity contribution is 5.78. The Labute approximate surface area is 158 Å². The predicted molar refractivity (Wildman–Crippen MR) is 104 cm³/mol. The largest absolute Gasteiger partial charge is 0.333 e. The average molecular weight is 357 g/mol. The fourth-order valence-corrected chi connectivity index (χ4v) is 3.87. The van der Waals surface area contributed by atoms with E-state index in [1.165, 1.54) is 11.1 Å². The fourth-order valence-electron chi connectivity index (χ4n) is 3.87. The second-order valence-corrected chi connectivity index (χ2v) is 8.13. The highest BCUT2D eigenvalue weighted by Gasteiger charge is 2.35. The lowest BCUT2D eigenvalue weighted by Crippen LogP contribution is -2.88. The van der Waals surface area contributed by atoms with Crippen molar-refractivity contribution in [3.63, 3.8) is 0 Å². The summed E-state index contributed by atoms with van der Waals surface area (Å²) in [5.41, 5.74) is 2.00. The summed E-state index contributed by atoms with van der Waals surface area (Å²) >= 11 is 0. The molecule has 1 aromatic carbocycles. The summed E-state index contributed by atoms with van der Waals surface area (Å²) in [5.74, 6) is 0.967. The number of hydrogen-bond acceptors (Lipinski definition) is 2. The van der Waals surface area contributed by atoms with E-state index < -0.39 is 5.54 Å². The van der Waals surface area contributed by atoms with E-state index in [-0.39, 0.29) is 11.9 Å². The zero-order valence-electron chi connectivity index (χ0n) is 16.7. The molecule has 1 aliphatic rings. The summed E-state index contributed by atoms with van der Waals surface area (Å²) in [7, 11) is 0. The summed E-state index contributed by atoms with van der Waals surface area (Å²) in [5, 5.41) is 14.5. The third-order valence-corrected chi connectivity index (χ3v) is 5.83. The number of nitriles is 1. The second-order valence-electron chi connectivity index (χ2n) is 8.13. The van der Waals surface area contributed by atoms with E-state index in [1.807, 2.05) is 0 Å². The van der Waals surface area contributed by atoms with Gasteiger partial charge in [-0.2, -0.15) is 5.26 Å². The van der Waals surface area contributed by atoms with Gasteiger partial charge in [0.1, 0.15) is 11.6 Å². The van der Waals surface area contributed by atoms with E-state index in [4.69, 9.17) is 0 Å². The Hall–Kier alpha value is -1.86. The molecular formula is C22H34N3O+. The molecule has 0 spiro atoms. The Bertz CT molecular complexity index is 624. The Morgan fingerprint density at radius 1 is 1.19 bits per heavy atom. The summed E-state index contributed by atoms with van der Waals surface area (Å²) in [6.45, 7) is 9.20. The van der Waals surface area contributed by atoms with E-state index in [9.17, 15) is 10.1 Å². The highest BCUT2D eigenvalue weighted by atomic mass is 16.2. The number of nitrogens with one attached hydrogen (secondary N) is 1. The second kappa shape index (κ2) is 9.19. The Morgan fingerprint density at radius 3 is 2.27 bits per heavy atom. The van der Waals surface area contributed by atoms with Crippen LogP contribution < -0.4 is 10.6 Å². The lowest BCUT2D eigenvalue weighted by molar-refractivity contribution is -0.692.